The molecule has 1 aromatic carbocycles. The number of aliphatic hydroxyl groups is 1. The van der Waals surface area contributed by atoms with Crippen LogP contribution in [0.3, 0.4) is 0 Å². The normalized spacial score (nSPS) is 20.6. The molecule has 11 heteroatoms. The molecule has 24 heavy (non-hydrogen) atoms. The molecule has 1 aliphatic rings. The summed E-state index contributed by atoms with van der Waals surface area (Å²) in [5, 5.41) is 23.4. The first-order valence-electron chi connectivity index (χ1n) is 6.57. The number of carbonyl (C=O) groups excluding carboxylic acids is 1. The van der Waals surface area contributed by atoms with Crippen LogP contribution in [0.4, 0.5) is 23.2 Å². The number of non-ortho nitro benzene ring substituents is 1. The third-order valence-electron chi connectivity index (χ3n) is 3.38. The van der Waals surface area contributed by atoms with Crippen molar-refractivity contribution in [2.24, 2.45) is 5.10 Å². The molecule has 1 unspecified atom stereocenters. The van der Waals surface area contributed by atoms with Gasteiger partial charge in [-0.2, -0.15) is 10.1 Å². The Balaban J connectivity index is 2.21. The number of hydrogen-bond acceptors (Lipinski definition) is 5. The lowest BCUT2D eigenvalue weighted by atomic mass is 10.1. The standard InChI is InChI=1S/C13H11F4N3O4/c14-11(15)9-6-13(22,12(16)17)19(18-9)10(21)5-7-1-3-8(4-2-7)20(23)24/h1-4,11-12,22H,5-6H2. The number of rotatable bonds is 5. The van der Waals surface area contributed by atoms with Crippen LogP contribution in [-0.4, -0.2) is 45.2 Å². The van der Waals surface area contributed by atoms with E-state index in [9.17, 15) is 37.6 Å². The van der Waals surface area contributed by atoms with Crippen molar-refractivity contribution in [1.82, 2.24) is 5.01 Å². The van der Waals surface area contributed by atoms with E-state index in [0.717, 1.165) is 12.1 Å². The molecule has 1 amide bonds. The maximum atomic E-state index is 13.0. The second kappa shape index (κ2) is 6.51. The van der Waals surface area contributed by atoms with Crippen LogP contribution in [-0.2, 0) is 11.2 Å². The summed E-state index contributed by atoms with van der Waals surface area (Å²) in [5.41, 5.74) is -4.18. The highest BCUT2D eigenvalue weighted by atomic mass is 19.3. The number of amides is 1. The van der Waals surface area contributed by atoms with Crippen LogP contribution in [0.2, 0.25) is 0 Å². The number of benzene rings is 1. The number of nitrogens with zero attached hydrogens (tertiary/aromatic N) is 3. The van der Waals surface area contributed by atoms with Gasteiger partial charge in [0.1, 0.15) is 5.71 Å². The highest BCUT2D eigenvalue weighted by Gasteiger charge is 2.53. The molecule has 1 aliphatic heterocycles. The second-order valence-corrected chi connectivity index (χ2v) is 5.05. The van der Waals surface area contributed by atoms with E-state index in [1.165, 1.54) is 12.1 Å². The first-order valence-corrected chi connectivity index (χ1v) is 6.57. The van der Waals surface area contributed by atoms with Crippen molar-refractivity contribution >= 4 is 17.3 Å². The topological polar surface area (TPSA) is 96.0 Å². The zero-order valence-electron chi connectivity index (χ0n) is 11.9. The molecular weight excluding hydrogens is 338 g/mol. The largest absolute Gasteiger partial charge is 0.364 e. The van der Waals surface area contributed by atoms with Gasteiger partial charge in [-0.15, -0.1) is 0 Å². The molecule has 0 spiro atoms. The van der Waals surface area contributed by atoms with Gasteiger partial charge in [0.2, 0.25) is 11.6 Å². The Labute approximate surface area is 132 Å². The molecule has 130 valence electrons. The second-order valence-electron chi connectivity index (χ2n) is 5.05. The molecule has 1 aromatic rings. The minimum Gasteiger partial charge on any atom is -0.364 e. The van der Waals surface area contributed by atoms with Crippen molar-refractivity contribution in [1.29, 1.82) is 0 Å². The Morgan fingerprint density at radius 1 is 1.33 bits per heavy atom. The van der Waals surface area contributed by atoms with Crippen molar-refractivity contribution < 1.29 is 32.4 Å². The van der Waals surface area contributed by atoms with E-state index in [-0.39, 0.29) is 16.3 Å². The Morgan fingerprint density at radius 2 is 1.92 bits per heavy atom. The van der Waals surface area contributed by atoms with Gasteiger partial charge in [0.05, 0.1) is 11.3 Å². The summed E-state index contributed by atoms with van der Waals surface area (Å²) >= 11 is 0. The fourth-order valence-electron chi connectivity index (χ4n) is 2.14. The van der Waals surface area contributed by atoms with Crippen LogP contribution >= 0.6 is 0 Å². The number of alkyl halides is 4. The quantitative estimate of drug-likeness (QED) is 0.499. The predicted molar refractivity (Wildman–Crippen MR) is 72.7 cm³/mol. The molecule has 1 atom stereocenters. The van der Waals surface area contributed by atoms with Gasteiger partial charge in [-0.25, -0.2) is 17.6 Å². The molecule has 1 N–H and O–H groups in total. The lowest BCUT2D eigenvalue weighted by Gasteiger charge is -2.30. The molecule has 0 aromatic heterocycles. The minimum atomic E-state index is -3.50. The van der Waals surface area contributed by atoms with Crippen molar-refractivity contribution in [3.63, 3.8) is 0 Å². The van der Waals surface area contributed by atoms with Gasteiger partial charge in [0, 0.05) is 18.6 Å². The van der Waals surface area contributed by atoms with Crippen molar-refractivity contribution in [3.8, 4) is 0 Å². The van der Waals surface area contributed by atoms with Gasteiger partial charge in [-0.05, 0) is 5.56 Å². The Kier molecular flexibility index (Phi) is 4.83. The Bertz CT molecular complexity index is 680. The summed E-state index contributed by atoms with van der Waals surface area (Å²) in [6.45, 7) is 0. The van der Waals surface area contributed by atoms with Crippen LogP contribution in [0.5, 0.6) is 0 Å². The number of nitro benzene ring substituents is 1. The van der Waals surface area contributed by atoms with E-state index in [1.54, 1.807) is 0 Å². The van der Waals surface area contributed by atoms with Crippen LogP contribution in [0, 0.1) is 10.1 Å². The van der Waals surface area contributed by atoms with E-state index in [1.807, 2.05) is 0 Å². The number of halogens is 4. The zero-order valence-corrected chi connectivity index (χ0v) is 11.9. The monoisotopic (exact) mass is 349 g/mol. The van der Waals surface area contributed by atoms with Crippen LogP contribution in [0.25, 0.3) is 0 Å². The average Bonchev–Trinajstić information content (AvgIpc) is 2.87. The molecule has 0 fully saturated rings. The van der Waals surface area contributed by atoms with Gasteiger partial charge >= 0.3 is 0 Å². The van der Waals surface area contributed by atoms with Crippen molar-refractivity contribution in [2.75, 3.05) is 0 Å². The van der Waals surface area contributed by atoms with Gasteiger partial charge < -0.3 is 5.11 Å². The number of carbonyl (C=O) groups is 1. The smallest absolute Gasteiger partial charge is 0.287 e. The Hall–Kier alpha value is -2.56. The van der Waals surface area contributed by atoms with E-state index >= 15 is 0 Å². The lowest BCUT2D eigenvalue weighted by molar-refractivity contribution is -0.384. The molecule has 2 rings (SSSR count). The first-order chi connectivity index (χ1) is 11.1. The van der Waals surface area contributed by atoms with Crippen LogP contribution < -0.4 is 0 Å². The molecule has 0 aliphatic carbocycles. The average molecular weight is 349 g/mol. The molecule has 0 bridgehead atoms. The first kappa shape index (κ1) is 17.8. The van der Waals surface area contributed by atoms with Gasteiger partial charge in [-0.3, -0.25) is 14.9 Å². The maximum absolute atomic E-state index is 13.0. The van der Waals surface area contributed by atoms with Gasteiger partial charge in [-0.1, -0.05) is 12.1 Å². The molecule has 0 radical (unpaired) electrons. The minimum absolute atomic E-state index is 0.0411. The molecule has 1 heterocycles. The molecule has 7 nitrogen and oxygen atoms in total. The summed E-state index contributed by atoms with van der Waals surface area (Å²) in [6, 6.07) is 4.62. The van der Waals surface area contributed by atoms with E-state index < -0.39 is 48.0 Å². The number of hydrogen-bond donors (Lipinski definition) is 1. The summed E-state index contributed by atoms with van der Waals surface area (Å²) in [7, 11) is 0. The summed E-state index contributed by atoms with van der Waals surface area (Å²) in [6.07, 6.45) is -8.40. The van der Waals surface area contributed by atoms with E-state index in [0.29, 0.717) is 0 Å². The Morgan fingerprint density at radius 3 is 2.38 bits per heavy atom. The third kappa shape index (κ3) is 3.35. The predicted octanol–water partition coefficient (Wildman–Crippen LogP) is 1.94. The van der Waals surface area contributed by atoms with Gasteiger partial charge in [0.15, 0.2) is 0 Å². The van der Waals surface area contributed by atoms with Crippen LogP contribution in [0.1, 0.15) is 12.0 Å². The molecule has 0 saturated carbocycles. The number of nitro groups is 1. The van der Waals surface area contributed by atoms with Crippen LogP contribution in [0.15, 0.2) is 29.4 Å². The third-order valence-corrected chi connectivity index (χ3v) is 3.38. The fourth-order valence-corrected chi connectivity index (χ4v) is 2.14. The lowest BCUT2D eigenvalue weighted by Crippen LogP contribution is -2.52. The highest BCUT2D eigenvalue weighted by molar-refractivity contribution is 5.93. The van der Waals surface area contributed by atoms with Gasteiger partial charge in [0.25, 0.3) is 18.5 Å². The zero-order chi connectivity index (χ0) is 18.1. The molecular formula is C13H11F4N3O4. The fraction of sp³-hybridized carbons (Fsp3) is 0.385. The number of hydrazone groups is 1. The SMILES string of the molecule is O=C(Cc1ccc([N+](=O)[O-])cc1)N1N=C(C(F)F)CC1(O)C(F)F. The van der Waals surface area contributed by atoms with Crippen molar-refractivity contribution in [3.05, 3.63) is 39.9 Å². The molecule has 0 saturated heterocycles. The van der Waals surface area contributed by atoms with E-state index in [4.69, 9.17) is 0 Å². The summed E-state index contributed by atoms with van der Waals surface area (Å²) in [4.78, 5) is 21.9. The van der Waals surface area contributed by atoms with E-state index in [2.05, 4.69) is 5.10 Å². The highest BCUT2D eigenvalue weighted by Crippen LogP contribution is 2.33. The van der Waals surface area contributed by atoms with Crippen molar-refractivity contribution in [2.45, 2.75) is 31.4 Å². The summed E-state index contributed by atoms with van der Waals surface area (Å²) in [5.74, 6) is -1.14. The maximum Gasteiger partial charge on any atom is 0.287 e. The summed E-state index contributed by atoms with van der Waals surface area (Å²) < 4.78 is 51.3.